The molecule has 2 heterocycles. The maximum atomic E-state index is 5.86. The van der Waals surface area contributed by atoms with Gasteiger partial charge in [0, 0.05) is 0 Å². The van der Waals surface area contributed by atoms with Gasteiger partial charge in [0.25, 0.3) is 0 Å². The van der Waals surface area contributed by atoms with Gasteiger partial charge in [-0.2, -0.15) is 0 Å². The summed E-state index contributed by atoms with van der Waals surface area (Å²) in [5.74, 6) is 3.75. The molecule has 60 heavy (non-hydrogen) atoms. The number of halogens is 2. The second kappa shape index (κ2) is 17.7. The first-order chi connectivity index (χ1) is 28.8. The normalized spacial score (nSPS) is 11.2. The Kier molecular flexibility index (Phi) is 12.4. The van der Waals surface area contributed by atoms with Gasteiger partial charge in [0.05, 0.1) is 23.0 Å². The van der Waals surface area contributed by atoms with E-state index in [-0.39, 0.29) is 5.43 Å². The van der Waals surface area contributed by atoms with E-state index in [9.17, 15) is 0 Å². The number of benzene rings is 6. The summed E-state index contributed by atoms with van der Waals surface area (Å²) in [5, 5.41) is 10.2. The first-order valence-electron chi connectivity index (χ1n) is 20.4. The minimum atomic E-state index is -1.65. The van der Waals surface area contributed by atoms with Crippen molar-refractivity contribution in [2.45, 2.75) is 54.6 Å². The topological polar surface area (TPSA) is 26.3 Å². The predicted octanol–water partition coefficient (Wildman–Crippen LogP) is 17.3. The van der Waals surface area contributed by atoms with Crippen molar-refractivity contribution in [3.8, 4) is 44.9 Å². The second-order valence-electron chi connectivity index (χ2n) is 16.1. The molecule has 0 aliphatic heterocycles. The van der Waals surface area contributed by atoms with Gasteiger partial charge in [-0.15, -0.1) is 57.9 Å². The third kappa shape index (κ3) is 8.72. The molecule has 10 rings (SSSR count). The zero-order chi connectivity index (χ0) is 42.2. The third-order valence-corrected chi connectivity index (χ3v) is 31.3. The van der Waals surface area contributed by atoms with Crippen molar-refractivity contribution in [3.05, 3.63) is 179 Å². The van der Waals surface area contributed by atoms with Gasteiger partial charge in [0.15, 0.2) is 0 Å². The second-order valence-corrected chi connectivity index (χ2v) is 39.1. The summed E-state index contributed by atoms with van der Waals surface area (Å²) in [6.07, 6.45) is 0. The van der Waals surface area contributed by atoms with E-state index in [0.29, 0.717) is 0 Å². The van der Waals surface area contributed by atoms with Gasteiger partial charge in [-0.3, -0.25) is 0 Å². The largest absolute Gasteiger partial charge is 0.496 e. The van der Waals surface area contributed by atoms with Crippen LogP contribution < -0.4 is 0 Å². The van der Waals surface area contributed by atoms with Gasteiger partial charge in [-0.25, -0.2) is 0 Å². The number of furan rings is 2. The fourth-order valence-corrected chi connectivity index (χ4v) is 8.10. The Morgan fingerprint density at radius 1 is 0.467 bits per heavy atom. The predicted molar refractivity (Wildman–Crippen MR) is 258 cm³/mol. The molecule has 10 aromatic rings. The molecular formula is C54H48Cl2O2SiZr-2. The average Bonchev–Trinajstić information content (AvgIpc) is 4.06. The van der Waals surface area contributed by atoms with E-state index in [1.165, 1.54) is 87.6 Å². The Labute approximate surface area is 368 Å². The first kappa shape index (κ1) is 42.0. The van der Waals surface area contributed by atoms with E-state index in [1.54, 1.807) is 0 Å². The number of fused-ring (bicyclic) bond motifs is 4. The van der Waals surface area contributed by atoms with Crippen LogP contribution >= 0.6 is 17.0 Å². The number of hydrogen-bond acceptors (Lipinski definition) is 2. The molecule has 0 saturated heterocycles. The number of hydrogen-bond donors (Lipinski definition) is 0. The zero-order valence-corrected chi connectivity index (χ0v) is 40.4. The SMILES string of the molecule is C[Si](C)=[Zr]([Cl])[Cl].Cc1ccc(-c2cc3c(-c4ccc5ccccc5c4)c(C)c(C)cc3[cH-]2)o1.Cc1ccc(-c2cc3c(-c4ccc5ccccc5c4)c(C)c(C)cc3[cH-]2)o1. The summed E-state index contributed by atoms with van der Waals surface area (Å²) in [6.45, 7) is 17.2. The maximum Gasteiger partial charge on any atom is 0.0896 e. The number of rotatable bonds is 4. The van der Waals surface area contributed by atoms with Crippen LogP contribution in [0.25, 0.3) is 88.0 Å². The van der Waals surface area contributed by atoms with Crippen molar-refractivity contribution in [2.24, 2.45) is 0 Å². The molecule has 2 aromatic heterocycles. The molecule has 0 unspecified atom stereocenters. The molecule has 300 valence electrons. The van der Waals surface area contributed by atoms with Crippen LogP contribution in [0.1, 0.15) is 33.8 Å². The summed E-state index contributed by atoms with van der Waals surface area (Å²) in [5.41, 5.74) is 12.6. The van der Waals surface area contributed by atoms with Crippen LogP contribution in [0.2, 0.25) is 13.1 Å². The van der Waals surface area contributed by atoms with E-state index < -0.39 is 18.0 Å². The van der Waals surface area contributed by atoms with E-state index >= 15 is 0 Å². The molecule has 0 radical (unpaired) electrons. The van der Waals surface area contributed by atoms with Gasteiger partial charge in [0.1, 0.15) is 0 Å². The Hall–Kier alpha value is -4.70. The van der Waals surface area contributed by atoms with Crippen LogP contribution in [-0.4, -0.2) is 5.43 Å². The summed E-state index contributed by atoms with van der Waals surface area (Å²) in [7, 11) is 11.2. The van der Waals surface area contributed by atoms with Crippen molar-refractivity contribution in [3.63, 3.8) is 0 Å². The molecule has 0 fully saturated rings. The molecule has 0 spiro atoms. The van der Waals surface area contributed by atoms with Crippen LogP contribution in [0.3, 0.4) is 0 Å². The Morgan fingerprint density at radius 3 is 1.20 bits per heavy atom. The molecule has 8 aromatic carbocycles. The molecule has 0 aliphatic rings. The van der Waals surface area contributed by atoms with Crippen molar-refractivity contribution < 1.29 is 26.8 Å². The molecule has 0 atom stereocenters. The minimum Gasteiger partial charge on any atom is -0.496 e. The molecular weight excluding hydrogens is 871 g/mol. The Morgan fingerprint density at radius 2 is 0.850 bits per heavy atom. The van der Waals surface area contributed by atoms with Crippen LogP contribution in [0.15, 0.2) is 154 Å². The van der Waals surface area contributed by atoms with Crippen molar-refractivity contribution in [1.82, 2.24) is 0 Å². The summed E-state index contributed by atoms with van der Waals surface area (Å²) in [4.78, 5) is 0. The monoisotopic (exact) mass is 916 g/mol. The quantitative estimate of drug-likeness (QED) is 0.130. The zero-order valence-electron chi connectivity index (χ0n) is 35.4. The van der Waals surface area contributed by atoms with Crippen LogP contribution in [0, 0.1) is 41.5 Å². The van der Waals surface area contributed by atoms with Gasteiger partial charge in [-0.1, -0.05) is 106 Å². The van der Waals surface area contributed by atoms with Crippen LogP contribution in [0.5, 0.6) is 0 Å². The molecule has 0 saturated carbocycles. The van der Waals surface area contributed by atoms with Crippen molar-refractivity contribution in [1.29, 1.82) is 0 Å². The summed E-state index contributed by atoms with van der Waals surface area (Å²) in [6, 6.07) is 52.4. The van der Waals surface area contributed by atoms with Gasteiger partial charge in [0.2, 0.25) is 0 Å². The molecule has 2 nitrogen and oxygen atoms in total. The van der Waals surface area contributed by atoms with Crippen LogP contribution in [0.4, 0.5) is 0 Å². The van der Waals surface area contributed by atoms with E-state index in [0.717, 1.165) is 34.2 Å². The molecule has 0 aliphatic carbocycles. The Balaban J connectivity index is 0.000000147. The first-order valence-corrected chi connectivity index (χ1v) is 32.9. The third-order valence-electron chi connectivity index (χ3n) is 11.6. The maximum absolute atomic E-state index is 5.86. The van der Waals surface area contributed by atoms with Gasteiger partial charge < -0.3 is 8.83 Å². The minimum absolute atomic E-state index is 0.224. The summed E-state index contributed by atoms with van der Waals surface area (Å²) < 4.78 is 11.7. The van der Waals surface area contributed by atoms with E-state index in [4.69, 9.17) is 25.9 Å². The number of aryl methyl sites for hydroxylation is 4. The van der Waals surface area contributed by atoms with Crippen molar-refractivity contribution in [2.75, 3.05) is 0 Å². The standard InChI is InChI=1S/2C26H21O.C2H6Si.2ClH.Zr/c2*1-16-12-22-14-23(25-11-8-17(2)27-25)15-24(22)26(18(16)3)21-10-9-19-6-4-5-7-20(19)13-21;1-3-2;;;/h2*4-15H,1-3H3;1-2H3;2*1H;/q2*-1;;;;+2/p-2. The molecule has 6 heteroatoms. The van der Waals surface area contributed by atoms with E-state index in [2.05, 4.69) is 174 Å². The van der Waals surface area contributed by atoms with Gasteiger partial charge >= 0.3 is 53.5 Å². The van der Waals surface area contributed by atoms with Crippen LogP contribution in [-0.2, 0) is 18.0 Å². The van der Waals surface area contributed by atoms with Gasteiger partial charge in [-0.05, 0) is 122 Å². The summed E-state index contributed by atoms with van der Waals surface area (Å²) >= 11 is -1.65. The average molecular weight is 919 g/mol. The van der Waals surface area contributed by atoms with E-state index in [1.807, 2.05) is 26.0 Å². The fourth-order valence-electron chi connectivity index (χ4n) is 8.10. The Bertz CT molecular complexity index is 3000. The molecule has 0 N–H and O–H groups in total. The fraction of sp³-hybridized carbons (Fsp3) is 0.148. The smallest absolute Gasteiger partial charge is 0.0896 e. The van der Waals surface area contributed by atoms with Crippen molar-refractivity contribution >= 4 is 65.5 Å². The molecule has 0 amide bonds. The molecule has 0 bridgehead atoms.